The molecule has 17 heavy (non-hydrogen) atoms. The number of halogens is 2. The van der Waals surface area contributed by atoms with E-state index in [0.29, 0.717) is 6.04 Å². The molecule has 1 aromatic heterocycles. The predicted molar refractivity (Wildman–Crippen MR) is 78.2 cm³/mol. The number of hydrogen-bond acceptors (Lipinski definition) is 3. The van der Waals surface area contributed by atoms with E-state index in [9.17, 15) is 0 Å². The number of piperidine rings is 1. The van der Waals surface area contributed by atoms with Gasteiger partial charge in [-0.05, 0) is 24.0 Å². The molecule has 1 fully saturated rings. The summed E-state index contributed by atoms with van der Waals surface area (Å²) in [7, 11) is 0. The van der Waals surface area contributed by atoms with Gasteiger partial charge in [-0.25, -0.2) is 0 Å². The standard InChI is InChI=1S/C12H19ClN2S.ClH/c1-12(2)8-15(6-5-10(12)14)7-9-3-4-11(13)16-9;/h3-4,10H,5-8,14H2,1-2H3;1H. The van der Waals surface area contributed by atoms with Gasteiger partial charge in [0.15, 0.2) is 0 Å². The first-order valence-corrected chi connectivity index (χ1v) is 6.89. The van der Waals surface area contributed by atoms with Crippen LogP contribution in [0.15, 0.2) is 12.1 Å². The number of thiophene rings is 1. The summed E-state index contributed by atoms with van der Waals surface area (Å²) in [6.07, 6.45) is 1.09. The Labute approximate surface area is 119 Å². The first-order chi connectivity index (χ1) is 7.47. The second-order valence-electron chi connectivity index (χ2n) is 5.30. The van der Waals surface area contributed by atoms with Crippen LogP contribution in [0.25, 0.3) is 0 Å². The van der Waals surface area contributed by atoms with Crippen molar-refractivity contribution in [3.05, 3.63) is 21.3 Å². The third kappa shape index (κ3) is 3.83. The van der Waals surface area contributed by atoms with Crippen LogP contribution in [0.3, 0.4) is 0 Å². The highest BCUT2D eigenvalue weighted by molar-refractivity contribution is 7.16. The van der Waals surface area contributed by atoms with Gasteiger partial charge in [-0.3, -0.25) is 4.90 Å². The van der Waals surface area contributed by atoms with Crippen molar-refractivity contribution in [3.8, 4) is 0 Å². The maximum atomic E-state index is 6.13. The molecule has 1 aliphatic heterocycles. The normalized spacial score (nSPS) is 24.4. The van der Waals surface area contributed by atoms with E-state index >= 15 is 0 Å². The maximum absolute atomic E-state index is 6.13. The molecule has 0 aliphatic carbocycles. The first kappa shape index (κ1) is 15.3. The first-order valence-electron chi connectivity index (χ1n) is 5.69. The van der Waals surface area contributed by atoms with Crippen molar-refractivity contribution in [2.24, 2.45) is 11.1 Å². The molecule has 1 aliphatic rings. The Balaban J connectivity index is 0.00000144. The number of hydrogen-bond donors (Lipinski definition) is 1. The summed E-state index contributed by atoms with van der Waals surface area (Å²) >= 11 is 7.61. The Bertz CT molecular complexity index is 365. The molecule has 0 aromatic carbocycles. The van der Waals surface area contributed by atoms with E-state index in [4.69, 9.17) is 17.3 Å². The van der Waals surface area contributed by atoms with Crippen LogP contribution in [0.5, 0.6) is 0 Å². The zero-order chi connectivity index (χ0) is 11.8. The SMILES string of the molecule is CC1(C)CN(Cc2ccc(Cl)s2)CCC1N.Cl. The van der Waals surface area contributed by atoms with Gasteiger partial charge in [0.05, 0.1) is 4.34 Å². The Morgan fingerprint density at radius 3 is 2.76 bits per heavy atom. The van der Waals surface area contributed by atoms with Crippen molar-refractivity contribution < 1.29 is 0 Å². The number of rotatable bonds is 2. The molecule has 1 atom stereocenters. The summed E-state index contributed by atoms with van der Waals surface area (Å²) < 4.78 is 0.878. The summed E-state index contributed by atoms with van der Waals surface area (Å²) in [5.74, 6) is 0. The summed E-state index contributed by atoms with van der Waals surface area (Å²) in [5, 5.41) is 0. The minimum atomic E-state index is 0. The van der Waals surface area contributed by atoms with Gasteiger partial charge in [0.25, 0.3) is 0 Å². The number of likely N-dealkylation sites (tertiary alicyclic amines) is 1. The molecular weight excluding hydrogens is 275 g/mol. The second kappa shape index (κ2) is 5.89. The molecule has 98 valence electrons. The molecule has 0 radical (unpaired) electrons. The Kier molecular flexibility index (Phi) is 5.29. The average Bonchev–Trinajstić information content (AvgIpc) is 2.57. The molecule has 1 aromatic rings. The topological polar surface area (TPSA) is 29.3 Å². The van der Waals surface area contributed by atoms with Crippen molar-refractivity contribution in [2.75, 3.05) is 13.1 Å². The highest BCUT2D eigenvalue weighted by atomic mass is 35.5. The smallest absolute Gasteiger partial charge is 0.0931 e. The molecule has 0 amide bonds. The predicted octanol–water partition coefficient (Wildman–Crippen LogP) is 3.38. The second-order valence-corrected chi connectivity index (χ2v) is 7.10. The van der Waals surface area contributed by atoms with Crippen molar-refractivity contribution in [1.82, 2.24) is 4.90 Å². The zero-order valence-corrected chi connectivity index (χ0v) is 12.7. The summed E-state index contributed by atoms with van der Waals surface area (Å²) in [5.41, 5.74) is 6.35. The maximum Gasteiger partial charge on any atom is 0.0931 e. The lowest BCUT2D eigenvalue weighted by atomic mass is 9.80. The van der Waals surface area contributed by atoms with E-state index in [2.05, 4.69) is 24.8 Å². The van der Waals surface area contributed by atoms with Crippen molar-refractivity contribution >= 4 is 35.3 Å². The van der Waals surface area contributed by atoms with Crippen LogP contribution in [0, 0.1) is 5.41 Å². The van der Waals surface area contributed by atoms with E-state index in [-0.39, 0.29) is 17.8 Å². The fraction of sp³-hybridized carbons (Fsp3) is 0.667. The van der Waals surface area contributed by atoms with Crippen LogP contribution >= 0.6 is 35.3 Å². The number of nitrogens with zero attached hydrogens (tertiary/aromatic N) is 1. The third-order valence-corrected chi connectivity index (χ3v) is 4.62. The van der Waals surface area contributed by atoms with Gasteiger partial charge in [0, 0.05) is 30.6 Å². The molecule has 2 N–H and O–H groups in total. The zero-order valence-electron chi connectivity index (χ0n) is 10.3. The molecule has 0 bridgehead atoms. The molecule has 5 heteroatoms. The van der Waals surface area contributed by atoms with Crippen molar-refractivity contribution in [3.63, 3.8) is 0 Å². The summed E-state index contributed by atoms with van der Waals surface area (Å²) in [6.45, 7) is 7.69. The molecule has 2 rings (SSSR count). The summed E-state index contributed by atoms with van der Waals surface area (Å²) in [4.78, 5) is 3.82. The Hall–Kier alpha value is 0.200. The highest BCUT2D eigenvalue weighted by Crippen LogP contribution is 2.30. The molecule has 0 spiro atoms. The van der Waals surface area contributed by atoms with E-state index < -0.39 is 0 Å². The largest absolute Gasteiger partial charge is 0.327 e. The Morgan fingerprint density at radius 1 is 1.53 bits per heavy atom. The van der Waals surface area contributed by atoms with Gasteiger partial charge in [0.2, 0.25) is 0 Å². The molecule has 2 heterocycles. The van der Waals surface area contributed by atoms with Crippen LogP contribution < -0.4 is 5.73 Å². The van der Waals surface area contributed by atoms with E-state index in [1.165, 1.54) is 4.88 Å². The van der Waals surface area contributed by atoms with Crippen molar-refractivity contribution in [2.45, 2.75) is 32.9 Å². The van der Waals surface area contributed by atoms with E-state index in [0.717, 1.165) is 30.4 Å². The lowest BCUT2D eigenvalue weighted by Crippen LogP contribution is -2.51. The molecule has 1 unspecified atom stereocenters. The molecule has 1 saturated heterocycles. The Morgan fingerprint density at radius 2 is 2.24 bits per heavy atom. The van der Waals surface area contributed by atoms with Gasteiger partial charge >= 0.3 is 0 Å². The molecule has 2 nitrogen and oxygen atoms in total. The van der Waals surface area contributed by atoms with Crippen LogP contribution in [0.2, 0.25) is 4.34 Å². The highest BCUT2D eigenvalue weighted by Gasteiger charge is 2.33. The van der Waals surface area contributed by atoms with Gasteiger partial charge in [0.1, 0.15) is 0 Å². The lowest BCUT2D eigenvalue weighted by molar-refractivity contribution is 0.0907. The van der Waals surface area contributed by atoms with E-state index in [1.54, 1.807) is 11.3 Å². The van der Waals surface area contributed by atoms with Gasteiger partial charge in [-0.15, -0.1) is 23.7 Å². The van der Waals surface area contributed by atoms with Gasteiger partial charge in [-0.2, -0.15) is 0 Å². The number of nitrogens with two attached hydrogens (primary N) is 1. The average molecular weight is 295 g/mol. The summed E-state index contributed by atoms with van der Waals surface area (Å²) in [6, 6.07) is 4.42. The fourth-order valence-electron chi connectivity index (χ4n) is 2.28. The monoisotopic (exact) mass is 294 g/mol. The van der Waals surface area contributed by atoms with Gasteiger partial charge < -0.3 is 5.73 Å². The third-order valence-electron chi connectivity index (χ3n) is 3.40. The molecule has 0 saturated carbocycles. The quantitative estimate of drug-likeness (QED) is 0.906. The minimum Gasteiger partial charge on any atom is -0.327 e. The van der Waals surface area contributed by atoms with Crippen LogP contribution in [0.1, 0.15) is 25.1 Å². The van der Waals surface area contributed by atoms with Crippen LogP contribution in [-0.4, -0.2) is 24.0 Å². The molecular formula is C12H20Cl2N2S. The minimum absolute atomic E-state index is 0. The van der Waals surface area contributed by atoms with Crippen molar-refractivity contribution in [1.29, 1.82) is 0 Å². The van der Waals surface area contributed by atoms with Gasteiger partial charge in [-0.1, -0.05) is 25.4 Å². The fourth-order valence-corrected chi connectivity index (χ4v) is 3.41. The van der Waals surface area contributed by atoms with E-state index in [1.807, 2.05) is 6.07 Å². The van der Waals surface area contributed by atoms with Crippen LogP contribution in [0.4, 0.5) is 0 Å². The van der Waals surface area contributed by atoms with Crippen LogP contribution in [-0.2, 0) is 6.54 Å². The lowest BCUT2D eigenvalue weighted by Gasteiger charge is -2.42.